The molecule has 2 heteroatoms. The van der Waals surface area contributed by atoms with E-state index in [0.717, 1.165) is 25.1 Å². The van der Waals surface area contributed by atoms with Gasteiger partial charge in [0.25, 0.3) is 0 Å². The average molecular weight is 319 g/mol. The van der Waals surface area contributed by atoms with Gasteiger partial charge in [0.2, 0.25) is 0 Å². The van der Waals surface area contributed by atoms with Crippen molar-refractivity contribution in [1.29, 1.82) is 0 Å². The minimum Gasteiger partial charge on any atom is -0.497 e. The van der Waals surface area contributed by atoms with Crippen LogP contribution in [0.15, 0.2) is 66.7 Å². The lowest BCUT2D eigenvalue weighted by Gasteiger charge is -2.19. The Morgan fingerprint density at radius 3 is 2.50 bits per heavy atom. The highest BCUT2D eigenvalue weighted by Gasteiger charge is 2.12. The van der Waals surface area contributed by atoms with Crippen LogP contribution in [-0.2, 0) is 12.8 Å². The molecule has 0 saturated carbocycles. The third kappa shape index (κ3) is 3.95. The first kappa shape index (κ1) is 16.5. The largest absolute Gasteiger partial charge is 0.497 e. The smallest absolute Gasteiger partial charge is 0.119 e. The van der Waals surface area contributed by atoms with Crippen molar-refractivity contribution in [3.63, 3.8) is 0 Å². The highest BCUT2D eigenvalue weighted by atomic mass is 16.5. The Kier molecular flexibility index (Phi) is 5.50. The molecule has 124 valence electrons. The van der Waals surface area contributed by atoms with Gasteiger partial charge in [-0.2, -0.15) is 0 Å². The van der Waals surface area contributed by atoms with Crippen LogP contribution < -0.4 is 10.1 Å². The van der Waals surface area contributed by atoms with Gasteiger partial charge in [-0.1, -0.05) is 61.5 Å². The number of methoxy groups -OCH3 is 1. The van der Waals surface area contributed by atoms with E-state index in [1.807, 2.05) is 6.07 Å². The standard InChI is InChI=1S/C22H25NO/c1-3-23-20(14-17-8-5-4-6-9-17)15-19-11-7-10-18-12-13-21(24-2)16-22(18)19/h4-13,16,20,23H,3,14-15H2,1-2H3. The molecule has 0 aliphatic heterocycles. The minimum atomic E-state index is 0.425. The third-order valence-corrected chi connectivity index (χ3v) is 4.46. The highest BCUT2D eigenvalue weighted by molar-refractivity contribution is 5.87. The number of nitrogens with one attached hydrogen (secondary N) is 1. The Labute approximate surface area is 144 Å². The van der Waals surface area contributed by atoms with Crippen molar-refractivity contribution < 1.29 is 4.74 Å². The van der Waals surface area contributed by atoms with Gasteiger partial charge in [-0.25, -0.2) is 0 Å². The summed E-state index contributed by atoms with van der Waals surface area (Å²) < 4.78 is 5.41. The van der Waals surface area contributed by atoms with Crippen molar-refractivity contribution in [2.75, 3.05) is 13.7 Å². The fraction of sp³-hybridized carbons (Fsp3) is 0.273. The van der Waals surface area contributed by atoms with Gasteiger partial charge in [0.15, 0.2) is 0 Å². The maximum atomic E-state index is 5.41. The van der Waals surface area contributed by atoms with E-state index in [2.05, 4.69) is 72.9 Å². The average Bonchev–Trinajstić information content (AvgIpc) is 2.62. The zero-order valence-corrected chi connectivity index (χ0v) is 14.5. The molecule has 1 unspecified atom stereocenters. The van der Waals surface area contributed by atoms with Gasteiger partial charge >= 0.3 is 0 Å². The van der Waals surface area contributed by atoms with Gasteiger partial charge in [-0.3, -0.25) is 0 Å². The predicted octanol–water partition coefficient (Wildman–Crippen LogP) is 4.61. The monoisotopic (exact) mass is 319 g/mol. The number of benzene rings is 3. The molecule has 3 aromatic rings. The number of rotatable bonds is 7. The molecule has 0 heterocycles. The normalized spacial score (nSPS) is 12.2. The topological polar surface area (TPSA) is 21.3 Å². The molecular weight excluding hydrogens is 294 g/mol. The summed E-state index contributed by atoms with van der Waals surface area (Å²) in [5.41, 5.74) is 2.74. The quantitative estimate of drug-likeness (QED) is 0.686. The first-order valence-corrected chi connectivity index (χ1v) is 8.63. The number of hydrogen-bond acceptors (Lipinski definition) is 2. The van der Waals surface area contributed by atoms with E-state index in [1.165, 1.54) is 21.9 Å². The molecule has 0 spiro atoms. The molecule has 3 rings (SSSR count). The fourth-order valence-electron chi connectivity index (χ4n) is 3.29. The van der Waals surface area contributed by atoms with Gasteiger partial charge < -0.3 is 10.1 Å². The Bertz CT molecular complexity index is 782. The predicted molar refractivity (Wildman–Crippen MR) is 102 cm³/mol. The van der Waals surface area contributed by atoms with Crippen LogP contribution in [0.3, 0.4) is 0 Å². The van der Waals surface area contributed by atoms with Gasteiger partial charge in [0, 0.05) is 6.04 Å². The second-order valence-electron chi connectivity index (χ2n) is 6.15. The number of fused-ring (bicyclic) bond motifs is 1. The van der Waals surface area contributed by atoms with E-state index in [9.17, 15) is 0 Å². The van der Waals surface area contributed by atoms with Crippen LogP contribution >= 0.6 is 0 Å². The van der Waals surface area contributed by atoms with Crippen molar-refractivity contribution in [2.24, 2.45) is 0 Å². The zero-order valence-electron chi connectivity index (χ0n) is 14.5. The molecule has 24 heavy (non-hydrogen) atoms. The maximum Gasteiger partial charge on any atom is 0.119 e. The minimum absolute atomic E-state index is 0.425. The van der Waals surface area contributed by atoms with Gasteiger partial charge in [0.05, 0.1) is 7.11 Å². The van der Waals surface area contributed by atoms with Crippen molar-refractivity contribution in [1.82, 2.24) is 5.32 Å². The third-order valence-electron chi connectivity index (χ3n) is 4.46. The van der Waals surface area contributed by atoms with E-state index in [0.29, 0.717) is 6.04 Å². The van der Waals surface area contributed by atoms with Crippen LogP contribution in [0.4, 0.5) is 0 Å². The first-order chi connectivity index (χ1) is 11.8. The Balaban J connectivity index is 1.87. The van der Waals surface area contributed by atoms with Crippen molar-refractivity contribution in [3.05, 3.63) is 77.9 Å². The number of hydrogen-bond donors (Lipinski definition) is 1. The Hall–Kier alpha value is -2.32. The lowest BCUT2D eigenvalue weighted by Crippen LogP contribution is -2.33. The summed E-state index contributed by atoms with van der Waals surface area (Å²) in [5, 5.41) is 6.19. The summed E-state index contributed by atoms with van der Waals surface area (Å²) in [6.07, 6.45) is 2.04. The van der Waals surface area contributed by atoms with E-state index in [4.69, 9.17) is 4.74 Å². The number of ether oxygens (including phenoxy) is 1. The van der Waals surface area contributed by atoms with Crippen LogP contribution in [-0.4, -0.2) is 19.7 Å². The van der Waals surface area contributed by atoms with Gasteiger partial charge in [0.1, 0.15) is 5.75 Å². The van der Waals surface area contributed by atoms with Crippen molar-refractivity contribution >= 4 is 10.8 Å². The van der Waals surface area contributed by atoms with E-state index in [-0.39, 0.29) is 0 Å². The molecule has 0 aliphatic carbocycles. The lowest BCUT2D eigenvalue weighted by molar-refractivity contribution is 0.415. The maximum absolute atomic E-state index is 5.41. The molecule has 3 aromatic carbocycles. The molecule has 0 fully saturated rings. The first-order valence-electron chi connectivity index (χ1n) is 8.63. The van der Waals surface area contributed by atoms with E-state index < -0.39 is 0 Å². The summed E-state index contributed by atoms with van der Waals surface area (Å²) in [5.74, 6) is 0.915. The van der Waals surface area contributed by atoms with Crippen LogP contribution in [0.2, 0.25) is 0 Å². The molecular formula is C22H25NO. The van der Waals surface area contributed by atoms with Crippen molar-refractivity contribution in [2.45, 2.75) is 25.8 Å². The molecule has 2 nitrogen and oxygen atoms in total. The molecule has 1 atom stereocenters. The summed E-state index contributed by atoms with van der Waals surface area (Å²) in [4.78, 5) is 0. The van der Waals surface area contributed by atoms with Gasteiger partial charge in [-0.15, -0.1) is 0 Å². The molecule has 0 bridgehead atoms. The molecule has 0 amide bonds. The van der Waals surface area contributed by atoms with Crippen molar-refractivity contribution in [3.8, 4) is 5.75 Å². The molecule has 1 N–H and O–H groups in total. The molecule has 0 radical (unpaired) electrons. The van der Waals surface area contributed by atoms with Gasteiger partial charge in [-0.05, 0) is 53.4 Å². The van der Waals surface area contributed by atoms with E-state index in [1.54, 1.807) is 7.11 Å². The summed E-state index contributed by atoms with van der Waals surface area (Å²) in [6, 6.07) is 24.0. The van der Waals surface area contributed by atoms with Crippen LogP contribution in [0.25, 0.3) is 10.8 Å². The molecule has 0 saturated heterocycles. The summed E-state index contributed by atoms with van der Waals surface area (Å²) >= 11 is 0. The zero-order chi connectivity index (χ0) is 16.8. The molecule has 0 aromatic heterocycles. The molecule has 0 aliphatic rings. The Morgan fingerprint density at radius 1 is 0.917 bits per heavy atom. The highest BCUT2D eigenvalue weighted by Crippen LogP contribution is 2.25. The SMILES string of the molecule is CCNC(Cc1ccccc1)Cc1cccc2ccc(OC)cc12. The fourth-order valence-corrected chi connectivity index (χ4v) is 3.29. The van der Waals surface area contributed by atoms with Crippen LogP contribution in [0.1, 0.15) is 18.1 Å². The van der Waals surface area contributed by atoms with E-state index >= 15 is 0 Å². The van der Waals surface area contributed by atoms with Crippen LogP contribution in [0, 0.1) is 0 Å². The number of likely N-dealkylation sites (N-methyl/N-ethyl adjacent to an activating group) is 1. The second-order valence-corrected chi connectivity index (χ2v) is 6.15. The Morgan fingerprint density at radius 2 is 1.75 bits per heavy atom. The summed E-state index contributed by atoms with van der Waals surface area (Å²) in [6.45, 7) is 3.15. The lowest BCUT2D eigenvalue weighted by atomic mass is 9.95. The summed E-state index contributed by atoms with van der Waals surface area (Å²) in [7, 11) is 1.72. The van der Waals surface area contributed by atoms with Crippen LogP contribution in [0.5, 0.6) is 5.75 Å². The second kappa shape index (κ2) is 7.98.